The molecule has 0 bridgehead atoms. The van der Waals surface area contributed by atoms with Gasteiger partial charge >= 0.3 is 6.03 Å². The average Bonchev–Trinajstić information content (AvgIpc) is 2.85. The predicted octanol–water partition coefficient (Wildman–Crippen LogP) is 1.43. The summed E-state index contributed by atoms with van der Waals surface area (Å²) >= 11 is 0. The molecule has 7 heteroatoms. The molecule has 20 heavy (non-hydrogen) atoms. The SMILES string of the molecule is CCC(NC(=O)NC1CCCCC1O)c1noc(C)n1. The van der Waals surface area contributed by atoms with Gasteiger partial charge in [0, 0.05) is 6.92 Å². The number of carbonyl (C=O) groups excluding carboxylic acids is 1. The van der Waals surface area contributed by atoms with E-state index in [9.17, 15) is 9.90 Å². The number of urea groups is 1. The van der Waals surface area contributed by atoms with Crippen molar-refractivity contribution in [2.75, 3.05) is 0 Å². The van der Waals surface area contributed by atoms with Crippen molar-refractivity contribution in [2.45, 2.75) is 64.1 Å². The first-order chi connectivity index (χ1) is 9.60. The van der Waals surface area contributed by atoms with Crippen LogP contribution in [0.2, 0.25) is 0 Å². The summed E-state index contributed by atoms with van der Waals surface area (Å²) in [6, 6.07) is -0.758. The van der Waals surface area contributed by atoms with Gasteiger partial charge in [-0.05, 0) is 19.3 Å². The Kier molecular flexibility index (Phi) is 4.94. The van der Waals surface area contributed by atoms with E-state index in [1.54, 1.807) is 6.92 Å². The fraction of sp³-hybridized carbons (Fsp3) is 0.769. The van der Waals surface area contributed by atoms with Gasteiger partial charge in [-0.1, -0.05) is 24.9 Å². The number of nitrogens with zero attached hydrogens (tertiary/aromatic N) is 2. The van der Waals surface area contributed by atoms with Crippen LogP contribution in [0.4, 0.5) is 4.79 Å². The Morgan fingerprint density at radius 3 is 2.85 bits per heavy atom. The van der Waals surface area contributed by atoms with Gasteiger partial charge in [-0.3, -0.25) is 0 Å². The Balaban J connectivity index is 1.89. The zero-order valence-corrected chi connectivity index (χ0v) is 11.9. The van der Waals surface area contributed by atoms with Gasteiger partial charge in [-0.15, -0.1) is 0 Å². The number of rotatable bonds is 4. The van der Waals surface area contributed by atoms with E-state index in [1.807, 2.05) is 6.92 Å². The molecule has 0 radical (unpaired) electrons. The van der Waals surface area contributed by atoms with Crippen LogP contribution in [0.25, 0.3) is 0 Å². The first-order valence-corrected chi connectivity index (χ1v) is 7.15. The first kappa shape index (κ1) is 14.8. The second kappa shape index (κ2) is 6.69. The van der Waals surface area contributed by atoms with Gasteiger partial charge in [0.25, 0.3) is 0 Å². The van der Waals surface area contributed by atoms with Crippen molar-refractivity contribution in [2.24, 2.45) is 0 Å². The molecular weight excluding hydrogens is 260 g/mol. The Morgan fingerprint density at radius 1 is 1.50 bits per heavy atom. The highest BCUT2D eigenvalue weighted by atomic mass is 16.5. The normalized spacial score (nSPS) is 24.1. The maximum absolute atomic E-state index is 12.0. The van der Waals surface area contributed by atoms with Crippen molar-refractivity contribution >= 4 is 6.03 Å². The molecule has 1 aliphatic carbocycles. The monoisotopic (exact) mass is 282 g/mol. The van der Waals surface area contributed by atoms with E-state index in [4.69, 9.17) is 4.52 Å². The molecule has 0 aromatic carbocycles. The maximum atomic E-state index is 12.0. The van der Waals surface area contributed by atoms with Gasteiger partial charge in [0.05, 0.1) is 18.2 Å². The minimum atomic E-state index is -0.456. The molecule has 3 N–H and O–H groups in total. The fourth-order valence-corrected chi connectivity index (χ4v) is 2.45. The predicted molar refractivity (Wildman–Crippen MR) is 72.0 cm³/mol. The number of amides is 2. The molecule has 1 aromatic rings. The smallest absolute Gasteiger partial charge is 0.315 e. The third-order valence-electron chi connectivity index (χ3n) is 3.61. The molecular formula is C13H22N4O3. The summed E-state index contributed by atoms with van der Waals surface area (Å²) in [6.45, 7) is 3.65. The van der Waals surface area contributed by atoms with Crippen LogP contribution < -0.4 is 10.6 Å². The van der Waals surface area contributed by atoms with Gasteiger partial charge < -0.3 is 20.3 Å². The van der Waals surface area contributed by atoms with E-state index in [1.165, 1.54) is 0 Å². The number of aliphatic hydroxyl groups is 1. The summed E-state index contributed by atoms with van der Waals surface area (Å²) in [6.07, 6.45) is 3.81. The van der Waals surface area contributed by atoms with E-state index in [0.717, 1.165) is 25.7 Å². The lowest BCUT2D eigenvalue weighted by Gasteiger charge is -2.28. The zero-order valence-electron chi connectivity index (χ0n) is 11.9. The Bertz CT molecular complexity index is 449. The molecule has 1 saturated carbocycles. The van der Waals surface area contributed by atoms with Crippen LogP contribution in [0.5, 0.6) is 0 Å². The van der Waals surface area contributed by atoms with Crippen molar-refractivity contribution < 1.29 is 14.4 Å². The minimum absolute atomic E-state index is 0.173. The first-order valence-electron chi connectivity index (χ1n) is 7.15. The third-order valence-corrected chi connectivity index (χ3v) is 3.61. The number of hydrogen-bond acceptors (Lipinski definition) is 5. The number of carbonyl (C=O) groups is 1. The van der Waals surface area contributed by atoms with Crippen LogP contribution in [-0.4, -0.2) is 33.4 Å². The molecule has 1 aliphatic rings. The van der Waals surface area contributed by atoms with Gasteiger partial charge in [0.15, 0.2) is 5.82 Å². The molecule has 3 atom stereocenters. The molecule has 2 amide bonds. The van der Waals surface area contributed by atoms with Crippen LogP contribution in [0, 0.1) is 6.92 Å². The van der Waals surface area contributed by atoms with Crippen LogP contribution in [0.3, 0.4) is 0 Å². The Morgan fingerprint density at radius 2 is 2.25 bits per heavy atom. The van der Waals surface area contributed by atoms with Crippen molar-refractivity contribution in [1.29, 1.82) is 0 Å². The lowest BCUT2D eigenvalue weighted by molar-refractivity contribution is 0.0939. The molecule has 1 aromatic heterocycles. The van der Waals surface area contributed by atoms with Crippen LogP contribution >= 0.6 is 0 Å². The van der Waals surface area contributed by atoms with E-state index >= 15 is 0 Å². The molecule has 2 rings (SSSR count). The van der Waals surface area contributed by atoms with Crippen molar-refractivity contribution in [1.82, 2.24) is 20.8 Å². The summed E-state index contributed by atoms with van der Waals surface area (Å²) in [5.41, 5.74) is 0. The number of aliphatic hydroxyl groups excluding tert-OH is 1. The summed E-state index contributed by atoms with van der Waals surface area (Å²) in [5.74, 6) is 0.952. The number of aryl methyl sites for hydroxylation is 1. The van der Waals surface area contributed by atoms with Gasteiger partial charge in [0.2, 0.25) is 5.89 Å². The molecule has 0 aliphatic heterocycles. The number of nitrogens with one attached hydrogen (secondary N) is 2. The van der Waals surface area contributed by atoms with Crippen LogP contribution in [-0.2, 0) is 0 Å². The lowest BCUT2D eigenvalue weighted by Crippen LogP contribution is -2.49. The topological polar surface area (TPSA) is 100 Å². The van der Waals surface area contributed by atoms with Gasteiger partial charge in [-0.25, -0.2) is 4.79 Å². The minimum Gasteiger partial charge on any atom is -0.391 e. The molecule has 112 valence electrons. The highest BCUT2D eigenvalue weighted by Crippen LogP contribution is 2.18. The Hall–Kier alpha value is -1.63. The summed E-state index contributed by atoms with van der Waals surface area (Å²) < 4.78 is 4.92. The second-order valence-corrected chi connectivity index (χ2v) is 5.21. The second-order valence-electron chi connectivity index (χ2n) is 5.21. The highest BCUT2D eigenvalue weighted by Gasteiger charge is 2.26. The van der Waals surface area contributed by atoms with Crippen LogP contribution in [0.1, 0.15) is 56.8 Å². The van der Waals surface area contributed by atoms with Gasteiger partial charge in [-0.2, -0.15) is 4.98 Å². The number of hydrogen-bond donors (Lipinski definition) is 3. The van der Waals surface area contributed by atoms with Crippen molar-refractivity contribution in [3.8, 4) is 0 Å². The largest absolute Gasteiger partial charge is 0.391 e. The third kappa shape index (κ3) is 3.69. The quantitative estimate of drug-likeness (QED) is 0.775. The van der Waals surface area contributed by atoms with E-state index in [0.29, 0.717) is 18.1 Å². The van der Waals surface area contributed by atoms with Crippen LogP contribution in [0.15, 0.2) is 4.52 Å². The fourth-order valence-electron chi connectivity index (χ4n) is 2.45. The highest BCUT2D eigenvalue weighted by molar-refractivity contribution is 5.74. The van der Waals surface area contributed by atoms with E-state index in [-0.39, 0.29) is 18.1 Å². The molecule has 1 fully saturated rings. The van der Waals surface area contributed by atoms with E-state index < -0.39 is 6.10 Å². The molecule has 7 nitrogen and oxygen atoms in total. The average molecular weight is 282 g/mol. The molecule has 1 heterocycles. The van der Waals surface area contributed by atoms with Gasteiger partial charge in [0.1, 0.15) is 0 Å². The van der Waals surface area contributed by atoms with E-state index in [2.05, 4.69) is 20.8 Å². The summed E-state index contributed by atoms with van der Waals surface area (Å²) in [5, 5.41) is 19.3. The molecule has 3 unspecified atom stereocenters. The standard InChI is InChI=1S/C13H22N4O3/c1-3-9(12-14-8(2)20-17-12)15-13(19)16-10-6-4-5-7-11(10)18/h9-11,18H,3-7H2,1-2H3,(H2,15,16,19). The maximum Gasteiger partial charge on any atom is 0.315 e. The van der Waals surface area contributed by atoms with Crippen molar-refractivity contribution in [3.63, 3.8) is 0 Å². The summed E-state index contributed by atoms with van der Waals surface area (Å²) in [7, 11) is 0. The Labute approximate surface area is 118 Å². The molecule has 0 spiro atoms. The summed E-state index contributed by atoms with van der Waals surface area (Å²) in [4.78, 5) is 16.1. The van der Waals surface area contributed by atoms with Crippen molar-refractivity contribution in [3.05, 3.63) is 11.7 Å². The molecule has 0 saturated heterocycles. The zero-order chi connectivity index (χ0) is 14.5. The number of aromatic nitrogens is 2. The lowest BCUT2D eigenvalue weighted by atomic mass is 9.93.